The van der Waals surface area contributed by atoms with Crippen molar-refractivity contribution in [3.05, 3.63) is 0 Å². The van der Waals surface area contributed by atoms with Crippen molar-refractivity contribution in [3.63, 3.8) is 0 Å². The number of fused-ring (bicyclic) bond motifs is 5. The van der Waals surface area contributed by atoms with Gasteiger partial charge in [0, 0.05) is 18.9 Å². The van der Waals surface area contributed by atoms with Crippen LogP contribution >= 0.6 is 0 Å². The van der Waals surface area contributed by atoms with E-state index in [0.717, 1.165) is 55.4 Å². The zero-order valence-electron chi connectivity index (χ0n) is 26.1. The molecule has 220 valence electrons. The summed E-state index contributed by atoms with van der Waals surface area (Å²) in [5, 5.41) is 3.96. The average Bonchev–Trinajstić information content (AvgIpc) is 3.02. The number of esters is 1. The third-order valence-electron chi connectivity index (χ3n) is 12.0. The van der Waals surface area contributed by atoms with E-state index in [1.54, 1.807) is 0 Å². The Morgan fingerprint density at radius 3 is 2.42 bits per heavy atom. The van der Waals surface area contributed by atoms with Crippen molar-refractivity contribution in [2.45, 2.75) is 162 Å². The molecule has 0 aromatic heterocycles. The maximum Gasteiger partial charge on any atom is 0.306 e. The molecule has 4 fully saturated rings. The Kier molecular flexibility index (Phi) is 9.66. The Morgan fingerprint density at radius 1 is 0.895 bits per heavy atom. The molecule has 0 aromatic carbocycles. The van der Waals surface area contributed by atoms with E-state index in [-0.39, 0.29) is 11.6 Å². The first kappa shape index (κ1) is 30.4. The minimum absolute atomic E-state index is 0.0293. The van der Waals surface area contributed by atoms with Crippen LogP contribution in [0, 0.1) is 34.5 Å². The summed E-state index contributed by atoms with van der Waals surface area (Å²) in [6, 6.07) is 0.748. The van der Waals surface area contributed by atoms with Crippen molar-refractivity contribution in [3.8, 4) is 0 Å². The third kappa shape index (κ3) is 6.64. The number of carbonyl (C=O) groups excluding carboxylic acids is 1. The monoisotopic (exact) mass is 531 g/mol. The highest BCUT2D eigenvalue weighted by Crippen LogP contribution is 2.66. The molecule has 4 heteroatoms. The van der Waals surface area contributed by atoms with E-state index in [9.17, 15) is 4.79 Å². The molecule has 0 radical (unpaired) electrons. The summed E-state index contributed by atoms with van der Waals surface area (Å²) in [6.45, 7) is 17.7. The summed E-state index contributed by atoms with van der Waals surface area (Å²) < 4.78 is 12.0. The molecule has 38 heavy (non-hydrogen) atoms. The van der Waals surface area contributed by atoms with E-state index in [1.165, 1.54) is 70.8 Å². The zero-order valence-corrected chi connectivity index (χ0v) is 26.1. The molecule has 4 nitrogen and oxygen atoms in total. The Hall–Kier alpha value is -0.610. The second kappa shape index (κ2) is 12.1. The predicted molar refractivity (Wildman–Crippen MR) is 157 cm³/mol. The van der Waals surface area contributed by atoms with Crippen LogP contribution in [-0.4, -0.2) is 36.4 Å². The predicted octanol–water partition coefficient (Wildman–Crippen LogP) is 8.46. The van der Waals surface area contributed by atoms with Crippen molar-refractivity contribution < 1.29 is 14.3 Å². The van der Waals surface area contributed by atoms with Gasteiger partial charge >= 0.3 is 5.97 Å². The molecule has 0 amide bonds. The van der Waals surface area contributed by atoms with Gasteiger partial charge in [0.1, 0.15) is 5.60 Å². The van der Waals surface area contributed by atoms with Gasteiger partial charge in [-0.2, -0.15) is 0 Å². The van der Waals surface area contributed by atoms with Gasteiger partial charge in [0.2, 0.25) is 0 Å². The van der Waals surface area contributed by atoms with Crippen molar-refractivity contribution in [1.29, 1.82) is 0 Å². The van der Waals surface area contributed by atoms with Gasteiger partial charge in [0.05, 0.1) is 12.2 Å². The van der Waals surface area contributed by atoms with Gasteiger partial charge < -0.3 is 14.8 Å². The van der Waals surface area contributed by atoms with Gasteiger partial charge in [0.25, 0.3) is 0 Å². The van der Waals surface area contributed by atoms with Crippen LogP contribution in [0.5, 0.6) is 0 Å². The van der Waals surface area contributed by atoms with Crippen LogP contribution in [-0.2, 0) is 14.3 Å². The molecule has 4 rings (SSSR count). The number of carbonyl (C=O) groups is 1. The number of rotatable bonds is 11. The summed E-state index contributed by atoms with van der Waals surface area (Å²) in [5.41, 5.74) is 0.414. The molecule has 1 saturated heterocycles. The maximum absolute atomic E-state index is 12.8. The molecular weight excluding hydrogens is 470 g/mol. The average molecular weight is 532 g/mol. The molecular formula is C34H61NO3. The highest BCUT2D eigenvalue weighted by molar-refractivity contribution is 5.69. The standard InChI is InChI=1S/C34H61NO3/c1-8-19-31(2,3)37-24-22-32(4,5)38-30(36)13-11-12-25-14-16-27-26-15-17-29-34(7,20-9-10-23-35-29)28(26)18-21-33(25,27)6/h25-29,35H,8-24H2,1-7H3/t25?,26-,27?,28?,29?,33+,34+/m0/s1. The van der Waals surface area contributed by atoms with E-state index in [0.29, 0.717) is 23.9 Å². The molecule has 3 saturated carbocycles. The van der Waals surface area contributed by atoms with Gasteiger partial charge in [-0.1, -0.05) is 33.6 Å². The minimum atomic E-state index is -0.468. The summed E-state index contributed by atoms with van der Waals surface area (Å²) in [4.78, 5) is 12.8. The Bertz CT molecular complexity index is 793. The van der Waals surface area contributed by atoms with Crippen LogP contribution < -0.4 is 5.32 Å². The van der Waals surface area contributed by atoms with Gasteiger partial charge in [-0.3, -0.25) is 4.79 Å². The Labute approximate surface area is 235 Å². The molecule has 0 spiro atoms. The minimum Gasteiger partial charge on any atom is -0.460 e. The molecule has 1 aliphatic heterocycles. The quantitative estimate of drug-likeness (QED) is 0.272. The molecule has 0 aromatic rings. The van der Waals surface area contributed by atoms with Crippen LogP contribution in [0.1, 0.15) is 145 Å². The van der Waals surface area contributed by atoms with Crippen LogP contribution in [0.15, 0.2) is 0 Å². The highest BCUT2D eigenvalue weighted by atomic mass is 16.6. The Morgan fingerprint density at radius 2 is 1.66 bits per heavy atom. The van der Waals surface area contributed by atoms with E-state index in [1.807, 2.05) is 13.8 Å². The molecule has 1 N–H and O–H groups in total. The van der Waals surface area contributed by atoms with E-state index in [2.05, 4.69) is 39.9 Å². The highest BCUT2D eigenvalue weighted by Gasteiger charge is 2.59. The van der Waals surface area contributed by atoms with Crippen molar-refractivity contribution >= 4 is 5.97 Å². The molecule has 4 aliphatic rings. The van der Waals surface area contributed by atoms with Gasteiger partial charge in [-0.05, 0) is 139 Å². The van der Waals surface area contributed by atoms with E-state index < -0.39 is 5.60 Å². The fourth-order valence-corrected chi connectivity index (χ4v) is 9.79. The number of hydrogen-bond donors (Lipinski definition) is 1. The number of hydrogen-bond acceptors (Lipinski definition) is 4. The van der Waals surface area contributed by atoms with Crippen LogP contribution in [0.25, 0.3) is 0 Å². The van der Waals surface area contributed by atoms with Gasteiger partial charge in [-0.25, -0.2) is 0 Å². The van der Waals surface area contributed by atoms with Crippen LogP contribution in [0.2, 0.25) is 0 Å². The second-order valence-electron chi connectivity index (χ2n) is 15.5. The van der Waals surface area contributed by atoms with Gasteiger partial charge in [-0.15, -0.1) is 0 Å². The summed E-state index contributed by atoms with van der Waals surface area (Å²) in [7, 11) is 0. The maximum atomic E-state index is 12.8. The first-order chi connectivity index (χ1) is 17.9. The lowest BCUT2D eigenvalue weighted by atomic mass is 9.47. The molecule has 7 atom stereocenters. The molecule has 0 bridgehead atoms. The van der Waals surface area contributed by atoms with E-state index >= 15 is 0 Å². The lowest BCUT2D eigenvalue weighted by Crippen LogP contribution is -2.56. The number of ether oxygens (including phenoxy) is 2. The number of nitrogens with one attached hydrogen (secondary N) is 1. The largest absolute Gasteiger partial charge is 0.460 e. The summed E-state index contributed by atoms with van der Waals surface area (Å²) in [6.07, 6.45) is 18.3. The van der Waals surface area contributed by atoms with Crippen molar-refractivity contribution in [1.82, 2.24) is 5.32 Å². The van der Waals surface area contributed by atoms with E-state index in [4.69, 9.17) is 9.47 Å². The topological polar surface area (TPSA) is 47.6 Å². The summed E-state index contributed by atoms with van der Waals surface area (Å²) in [5.74, 6) is 3.49. The smallest absolute Gasteiger partial charge is 0.306 e. The van der Waals surface area contributed by atoms with Crippen molar-refractivity contribution in [2.24, 2.45) is 34.5 Å². The molecule has 1 heterocycles. The normalized spacial score (nSPS) is 37.6. The van der Waals surface area contributed by atoms with Crippen LogP contribution in [0.4, 0.5) is 0 Å². The molecule has 4 unspecified atom stereocenters. The fourth-order valence-electron chi connectivity index (χ4n) is 9.79. The third-order valence-corrected chi connectivity index (χ3v) is 12.0. The summed E-state index contributed by atoms with van der Waals surface area (Å²) >= 11 is 0. The van der Waals surface area contributed by atoms with Gasteiger partial charge in [0.15, 0.2) is 0 Å². The first-order valence-corrected chi connectivity index (χ1v) is 16.5. The lowest BCUT2D eigenvalue weighted by molar-refractivity contribution is -0.159. The first-order valence-electron chi connectivity index (χ1n) is 16.5. The van der Waals surface area contributed by atoms with Crippen LogP contribution in [0.3, 0.4) is 0 Å². The zero-order chi connectivity index (χ0) is 27.6. The second-order valence-corrected chi connectivity index (χ2v) is 15.5. The molecule has 3 aliphatic carbocycles. The fraction of sp³-hybridized carbons (Fsp3) is 0.971. The Balaban J connectivity index is 1.24. The van der Waals surface area contributed by atoms with Crippen molar-refractivity contribution in [2.75, 3.05) is 13.2 Å². The lowest BCUT2D eigenvalue weighted by Gasteiger charge is -2.59. The SMILES string of the molecule is CCCC(C)(C)OCCC(C)(C)OC(=O)CCCC1CCC2[C@@H]3CCC4NCCCC[C@]4(C)C3CC[C@]12C.